The van der Waals surface area contributed by atoms with Crippen molar-refractivity contribution >= 4 is 23.1 Å². The average Bonchev–Trinajstić information content (AvgIpc) is 3.16. The first-order valence-corrected chi connectivity index (χ1v) is 9.92. The van der Waals surface area contributed by atoms with Crippen LogP contribution < -0.4 is 10.2 Å². The molecular formula is C18H25N5OS. The third-order valence-electron chi connectivity index (χ3n) is 4.77. The molecule has 2 fully saturated rings. The molecule has 0 aromatic carbocycles. The molecule has 134 valence electrons. The Balaban J connectivity index is 1.32. The molecule has 2 aliphatic rings. The van der Waals surface area contributed by atoms with E-state index in [0.717, 1.165) is 70.5 Å². The smallest absolute Gasteiger partial charge is 0.227 e. The van der Waals surface area contributed by atoms with E-state index in [-0.39, 0.29) is 0 Å². The van der Waals surface area contributed by atoms with Gasteiger partial charge < -0.3 is 15.0 Å². The molecule has 0 saturated carbocycles. The van der Waals surface area contributed by atoms with Crippen molar-refractivity contribution in [2.75, 3.05) is 49.6 Å². The van der Waals surface area contributed by atoms with Crippen LogP contribution in [-0.4, -0.2) is 60.3 Å². The van der Waals surface area contributed by atoms with Gasteiger partial charge in [-0.25, -0.2) is 4.98 Å². The summed E-state index contributed by atoms with van der Waals surface area (Å²) >= 11 is 1.83. The van der Waals surface area contributed by atoms with E-state index in [1.807, 2.05) is 23.6 Å². The van der Waals surface area contributed by atoms with Crippen LogP contribution in [0.1, 0.15) is 17.7 Å². The van der Waals surface area contributed by atoms with E-state index < -0.39 is 0 Å². The van der Waals surface area contributed by atoms with Crippen LogP contribution in [0.5, 0.6) is 0 Å². The van der Waals surface area contributed by atoms with Crippen LogP contribution in [-0.2, 0) is 11.3 Å². The number of aromatic nitrogens is 2. The van der Waals surface area contributed by atoms with Crippen molar-refractivity contribution in [1.29, 1.82) is 0 Å². The van der Waals surface area contributed by atoms with Crippen LogP contribution >= 0.6 is 11.3 Å². The lowest BCUT2D eigenvalue weighted by molar-refractivity contribution is 0.0875. The molecule has 0 aliphatic carbocycles. The molecule has 2 aliphatic heterocycles. The quantitative estimate of drug-likeness (QED) is 0.885. The van der Waals surface area contributed by atoms with Gasteiger partial charge in [-0.3, -0.25) is 4.90 Å². The summed E-state index contributed by atoms with van der Waals surface area (Å²) in [7, 11) is 0. The van der Waals surface area contributed by atoms with Gasteiger partial charge in [-0.2, -0.15) is 4.98 Å². The highest BCUT2D eigenvalue weighted by atomic mass is 32.1. The van der Waals surface area contributed by atoms with Crippen LogP contribution in [0.25, 0.3) is 0 Å². The van der Waals surface area contributed by atoms with Gasteiger partial charge in [0, 0.05) is 50.4 Å². The number of nitrogens with zero attached hydrogens (tertiary/aromatic N) is 4. The van der Waals surface area contributed by atoms with Crippen molar-refractivity contribution in [2.45, 2.75) is 25.4 Å². The lowest BCUT2D eigenvalue weighted by Gasteiger charge is -2.34. The van der Waals surface area contributed by atoms with Gasteiger partial charge in [0.2, 0.25) is 5.95 Å². The number of piperazine rings is 1. The highest BCUT2D eigenvalue weighted by molar-refractivity contribution is 7.09. The molecule has 0 amide bonds. The Hall–Kier alpha value is -1.70. The monoisotopic (exact) mass is 359 g/mol. The van der Waals surface area contributed by atoms with E-state index in [0.29, 0.717) is 6.04 Å². The summed E-state index contributed by atoms with van der Waals surface area (Å²) in [5, 5.41) is 5.64. The van der Waals surface area contributed by atoms with Gasteiger partial charge >= 0.3 is 0 Å². The Bertz CT molecular complexity index is 651. The standard InChI is InChI=1S/C18H25N5OS/c1-3-15(14-24-11-1)20-17-5-6-19-18(21-17)23-9-7-22(8-10-23)13-16-4-2-12-25-16/h2,4-6,12,15H,1,3,7-11,13-14H2,(H,19,20,21). The number of rotatable bonds is 5. The Morgan fingerprint density at radius 1 is 1.24 bits per heavy atom. The summed E-state index contributed by atoms with van der Waals surface area (Å²) in [6, 6.07) is 6.65. The maximum absolute atomic E-state index is 5.53. The van der Waals surface area contributed by atoms with Crippen molar-refractivity contribution in [3.05, 3.63) is 34.7 Å². The summed E-state index contributed by atoms with van der Waals surface area (Å²) in [5.41, 5.74) is 0. The number of anilines is 2. The van der Waals surface area contributed by atoms with E-state index in [2.05, 4.69) is 37.6 Å². The fourth-order valence-electron chi connectivity index (χ4n) is 3.37. The van der Waals surface area contributed by atoms with Crippen molar-refractivity contribution in [1.82, 2.24) is 14.9 Å². The van der Waals surface area contributed by atoms with Crippen LogP contribution in [0.3, 0.4) is 0 Å². The topological polar surface area (TPSA) is 53.5 Å². The second-order valence-electron chi connectivity index (χ2n) is 6.64. The minimum absolute atomic E-state index is 0.360. The normalized spacial score (nSPS) is 22.1. The number of ether oxygens (including phenoxy) is 1. The molecule has 1 N–H and O–H groups in total. The lowest BCUT2D eigenvalue weighted by Crippen LogP contribution is -2.46. The zero-order valence-corrected chi connectivity index (χ0v) is 15.2. The van der Waals surface area contributed by atoms with E-state index in [1.54, 1.807) is 0 Å². The third-order valence-corrected chi connectivity index (χ3v) is 5.63. The molecule has 2 aromatic heterocycles. The Morgan fingerprint density at radius 2 is 2.16 bits per heavy atom. The fraction of sp³-hybridized carbons (Fsp3) is 0.556. The predicted molar refractivity (Wildman–Crippen MR) is 101 cm³/mol. The fourth-order valence-corrected chi connectivity index (χ4v) is 4.12. The highest BCUT2D eigenvalue weighted by Crippen LogP contribution is 2.18. The van der Waals surface area contributed by atoms with Crippen molar-refractivity contribution in [3.8, 4) is 0 Å². The summed E-state index contributed by atoms with van der Waals surface area (Å²) in [6.45, 7) is 6.74. The van der Waals surface area contributed by atoms with Gasteiger partial charge in [0.05, 0.1) is 12.6 Å². The maximum atomic E-state index is 5.53. The molecule has 1 unspecified atom stereocenters. The summed E-state index contributed by atoms with van der Waals surface area (Å²) in [4.78, 5) is 15.4. The first-order chi connectivity index (χ1) is 12.4. The third kappa shape index (κ3) is 4.48. The SMILES string of the molecule is c1csc(CN2CCN(c3nccc(NC4CCCOC4)n3)CC2)c1. The molecule has 0 bridgehead atoms. The van der Waals surface area contributed by atoms with Crippen molar-refractivity contribution in [3.63, 3.8) is 0 Å². The first-order valence-electron chi connectivity index (χ1n) is 9.04. The molecule has 0 radical (unpaired) electrons. The molecule has 25 heavy (non-hydrogen) atoms. The molecule has 7 heteroatoms. The zero-order valence-electron chi connectivity index (χ0n) is 14.4. The summed E-state index contributed by atoms with van der Waals surface area (Å²) in [6.07, 6.45) is 4.11. The van der Waals surface area contributed by atoms with Crippen LogP contribution in [0, 0.1) is 0 Å². The van der Waals surface area contributed by atoms with E-state index >= 15 is 0 Å². The summed E-state index contributed by atoms with van der Waals surface area (Å²) < 4.78 is 5.53. The lowest BCUT2D eigenvalue weighted by atomic mass is 10.1. The second kappa shape index (κ2) is 8.12. The molecular weight excluding hydrogens is 334 g/mol. The number of thiophene rings is 1. The van der Waals surface area contributed by atoms with Crippen LogP contribution in [0.2, 0.25) is 0 Å². The second-order valence-corrected chi connectivity index (χ2v) is 7.68. The number of hydrogen-bond acceptors (Lipinski definition) is 7. The zero-order chi connectivity index (χ0) is 16.9. The molecule has 4 heterocycles. The van der Waals surface area contributed by atoms with Gasteiger partial charge in [0.25, 0.3) is 0 Å². The first kappa shape index (κ1) is 16.8. The molecule has 2 aromatic rings. The van der Waals surface area contributed by atoms with Gasteiger partial charge in [0.15, 0.2) is 0 Å². The molecule has 6 nitrogen and oxygen atoms in total. The van der Waals surface area contributed by atoms with Crippen LogP contribution in [0.15, 0.2) is 29.8 Å². The summed E-state index contributed by atoms with van der Waals surface area (Å²) in [5.74, 6) is 1.74. The molecule has 0 spiro atoms. The molecule has 2 saturated heterocycles. The Kier molecular flexibility index (Phi) is 5.44. The highest BCUT2D eigenvalue weighted by Gasteiger charge is 2.20. The van der Waals surface area contributed by atoms with Crippen LogP contribution in [0.4, 0.5) is 11.8 Å². The van der Waals surface area contributed by atoms with Gasteiger partial charge in [-0.1, -0.05) is 6.07 Å². The van der Waals surface area contributed by atoms with Crippen molar-refractivity contribution in [2.24, 2.45) is 0 Å². The van der Waals surface area contributed by atoms with Gasteiger partial charge in [-0.05, 0) is 30.4 Å². The number of nitrogens with one attached hydrogen (secondary N) is 1. The molecule has 1 atom stereocenters. The van der Waals surface area contributed by atoms with E-state index in [4.69, 9.17) is 9.72 Å². The Labute approximate surface area is 152 Å². The van der Waals surface area contributed by atoms with Gasteiger partial charge in [0.1, 0.15) is 5.82 Å². The average molecular weight is 359 g/mol. The Morgan fingerprint density at radius 3 is 2.92 bits per heavy atom. The molecule has 4 rings (SSSR count). The minimum Gasteiger partial charge on any atom is -0.379 e. The largest absolute Gasteiger partial charge is 0.379 e. The van der Waals surface area contributed by atoms with E-state index in [1.165, 1.54) is 4.88 Å². The predicted octanol–water partition coefficient (Wildman–Crippen LogP) is 2.45. The minimum atomic E-state index is 0.360. The van der Waals surface area contributed by atoms with Gasteiger partial charge in [-0.15, -0.1) is 11.3 Å². The number of hydrogen-bond donors (Lipinski definition) is 1. The van der Waals surface area contributed by atoms with Crippen molar-refractivity contribution < 1.29 is 4.74 Å². The maximum Gasteiger partial charge on any atom is 0.227 e. The van der Waals surface area contributed by atoms with E-state index in [9.17, 15) is 0 Å².